The van der Waals surface area contributed by atoms with Gasteiger partial charge in [-0.1, -0.05) is 11.8 Å². The summed E-state index contributed by atoms with van der Waals surface area (Å²) in [5.41, 5.74) is 8.89. The Kier molecular flexibility index (Phi) is 4.63. The molecule has 6 N–H and O–H groups in total. The van der Waals surface area contributed by atoms with Gasteiger partial charge in [-0.15, -0.1) is 0 Å². The summed E-state index contributed by atoms with van der Waals surface area (Å²) in [4.78, 5) is 16.8. The van der Waals surface area contributed by atoms with Gasteiger partial charge in [0.2, 0.25) is 0 Å². The zero-order valence-electron chi connectivity index (χ0n) is 12.3. The molecule has 1 aliphatic heterocycles. The number of anilines is 1. The summed E-state index contributed by atoms with van der Waals surface area (Å²) in [6, 6.07) is 8.95. The predicted molar refractivity (Wildman–Crippen MR) is 87.9 cm³/mol. The lowest BCUT2D eigenvalue weighted by Crippen LogP contribution is -2.35. The van der Waals surface area contributed by atoms with Gasteiger partial charge in [-0.3, -0.25) is 21.0 Å². The number of rotatable bonds is 5. The van der Waals surface area contributed by atoms with Crippen molar-refractivity contribution < 1.29 is 9.53 Å². The molecule has 0 fully saturated rings. The zero-order chi connectivity index (χ0) is 16.2. The number of nitrogens with one attached hydrogen (secondary N) is 4. The third-order valence-corrected chi connectivity index (χ3v) is 4.16. The molecule has 0 bridgehead atoms. The molecule has 1 atom stereocenters. The number of fused-ring (bicyclic) bond motifs is 1. The van der Waals surface area contributed by atoms with Gasteiger partial charge in [0.25, 0.3) is 5.91 Å². The molecule has 1 aromatic carbocycles. The van der Waals surface area contributed by atoms with E-state index >= 15 is 0 Å². The van der Waals surface area contributed by atoms with Crippen LogP contribution in [-0.2, 0) is 0 Å². The van der Waals surface area contributed by atoms with E-state index in [4.69, 9.17) is 10.6 Å². The van der Waals surface area contributed by atoms with Gasteiger partial charge in [-0.2, -0.15) is 0 Å². The molecule has 9 heteroatoms. The van der Waals surface area contributed by atoms with Gasteiger partial charge in [0.1, 0.15) is 22.7 Å². The first-order chi connectivity index (χ1) is 11.2. The van der Waals surface area contributed by atoms with Crippen LogP contribution in [-0.4, -0.2) is 23.4 Å². The molecule has 1 amide bonds. The number of nitrogens with two attached hydrogens (primary N) is 1. The first-order valence-corrected chi connectivity index (χ1v) is 7.72. The van der Waals surface area contributed by atoms with Gasteiger partial charge in [0, 0.05) is 24.2 Å². The normalized spacial score (nSPS) is 15.7. The number of carbonyl (C=O) groups excluding carboxylic acids is 1. The molecule has 23 heavy (non-hydrogen) atoms. The van der Waals surface area contributed by atoms with E-state index in [1.54, 1.807) is 30.9 Å². The number of thioether (sulfide) groups is 1. The molecule has 0 saturated heterocycles. The first kappa shape index (κ1) is 15.6. The molecule has 2 aromatic rings. The summed E-state index contributed by atoms with van der Waals surface area (Å²) in [6.45, 7) is 0. The lowest BCUT2D eigenvalue weighted by molar-refractivity contribution is 0.0932. The number of ether oxygens (including phenoxy) is 1. The van der Waals surface area contributed by atoms with E-state index in [1.807, 2.05) is 18.2 Å². The fraction of sp³-hybridized carbons (Fsp3) is 0.143. The van der Waals surface area contributed by atoms with Crippen molar-refractivity contribution in [3.05, 3.63) is 42.2 Å². The standard InChI is InChI=1S/C14H16N6O2S/c1-16-20-13(21)11-6-9(4-5-17-11)22-8-2-3-10-12(7-8)23-14(18-10)19-15/h2-7,14,16,18-19H,15H2,1H3,(H,20,21). The molecule has 0 aliphatic carbocycles. The molecule has 0 spiro atoms. The number of amides is 1. The van der Waals surface area contributed by atoms with Crippen molar-refractivity contribution >= 4 is 23.4 Å². The molecule has 3 rings (SSSR count). The van der Waals surface area contributed by atoms with Gasteiger partial charge in [0.05, 0.1) is 5.69 Å². The van der Waals surface area contributed by atoms with Gasteiger partial charge < -0.3 is 10.1 Å². The number of hydrogen-bond acceptors (Lipinski definition) is 8. The van der Waals surface area contributed by atoms with E-state index in [0.29, 0.717) is 11.5 Å². The Hall–Kier alpha value is -2.33. The van der Waals surface area contributed by atoms with Crippen molar-refractivity contribution in [2.75, 3.05) is 12.4 Å². The molecule has 0 saturated carbocycles. The zero-order valence-corrected chi connectivity index (χ0v) is 13.1. The van der Waals surface area contributed by atoms with Crippen molar-refractivity contribution in [2.45, 2.75) is 10.4 Å². The lowest BCUT2D eigenvalue weighted by atomic mass is 10.3. The minimum atomic E-state index is -0.330. The van der Waals surface area contributed by atoms with E-state index in [2.05, 4.69) is 26.6 Å². The molecular weight excluding hydrogens is 316 g/mol. The van der Waals surface area contributed by atoms with Gasteiger partial charge in [0.15, 0.2) is 0 Å². The van der Waals surface area contributed by atoms with Gasteiger partial charge in [-0.25, -0.2) is 10.9 Å². The highest BCUT2D eigenvalue weighted by molar-refractivity contribution is 8.00. The van der Waals surface area contributed by atoms with Crippen molar-refractivity contribution in [1.29, 1.82) is 0 Å². The highest BCUT2D eigenvalue weighted by Gasteiger charge is 2.20. The van der Waals surface area contributed by atoms with Crippen LogP contribution in [0.25, 0.3) is 0 Å². The van der Waals surface area contributed by atoms with E-state index in [1.165, 1.54) is 6.20 Å². The number of hydrogen-bond donors (Lipinski definition) is 5. The second-order valence-corrected chi connectivity index (χ2v) is 5.80. The quantitative estimate of drug-likeness (QED) is 0.407. The molecule has 1 aromatic heterocycles. The Morgan fingerprint density at radius 1 is 1.35 bits per heavy atom. The second-order valence-electron chi connectivity index (χ2n) is 4.65. The van der Waals surface area contributed by atoms with Crippen LogP contribution in [0.1, 0.15) is 10.5 Å². The van der Waals surface area contributed by atoms with Crippen LogP contribution in [0.5, 0.6) is 11.5 Å². The fourth-order valence-corrected chi connectivity index (χ4v) is 3.01. The Morgan fingerprint density at radius 3 is 2.96 bits per heavy atom. The number of hydrazine groups is 2. The van der Waals surface area contributed by atoms with Crippen LogP contribution >= 0.6 is 11.8 Å². The minimum Gasteiger partial charge on any atom is -0.457 e. The van der Waals surface area contributed by atoms with Crippen LogP contribution in [0.3, 0.4) is 0 Å². The van der Waals surface area contributed by atoms with Crippen LogP contribution in [0, 0.1) is 0 Å². The average molecular weight is 332 g/mol. The van der Waals surface area contributed by atoms with Crippen molar-refractivity contribution in [3.8, 4) is 11.5 Å². The molecular formula is C14H16N6O2S. The van der Waals surface area contributed by atoms with Crippen LogP contribution < -0.4 is 32.2 Å². The Balaban J connectivity index is 1.76. The SMILES string of the molecule is CNNC(=O)c1cc(Oc2ccc3c(c2)SC(NN)N3)ccn1. The van der Waals surface area contributed by atoms with E-state index in [-0.39, 0.29) is 17.1 Å². The maximum absolute atomic E-state index is 11.7. The van der Waals surface area contributed by atoms with E-state index < -0.39 is 0 Å². The third-order valence-electron chi connectivity index (χ3n) is 3.07. The lowest BCUT2D eigenvalue weighted by Gasteiger charge is -2.08. The monoisotopic (exact) mass is 332 g/mol. The maximum atomic E-state index is 11.7. The predicted octanol–water partition coefficient (Wildman–Crippen LogP) is 1.00. The van der Waals surface area contributed by atoms with Crippen LogP contribution in [0.15, 0.2) is 41.4 Å². The van der Waals surface area contributed by atoms with Crippen molar-refractivity contribution in [3.63, 3.8) is 0 Å². The first-order valence-electron chi connectivity index (χ1n) is 6.84. The topological polar surface area (TPSA) is 113 Å². The van der Waals surface area contributed by atoms with Gasteiger partial charge >= 0.3 is 0 Å². The summed E-state index contributed by atoms with van der Waals surface area (Å²) in [5.74, 6) is 6.30. The average Bonchev–Trinajstić information content (AvgIpc) is 2.98. The summed E-state index contributed by atoms with van der Waals surface area (Å²) in [6.07, 6.45) is 1.53. The highest BCUT2D eigenvalue weighted by Crippen LogP contribution is 2.39. The molecule has 8 nitrogen and oxygen atoms in total. The summed E-state index contributed by atoms with van der Waals surface area (Å²) in [7, 11) is 1.61. The molecule has 0 radical (unpaired) electrons. The van der Waals surface area contributed by atoms with Crippen molar-refractivity contribution in [2.24, 2.45) is 5.84 Å². The Morgan fingerprint density at radius 2 is 2.17 bits per heavy atom. The number of aromatic nitrogens is 1. The molecule has 1 unspecified atom stereocenters. The van der Waals surface area contributed by atoms with E-state index in [9.17, 15) is 4.79 Å². The van der Waals surface area contributed by atoms with Crippen LogP contribution in [0.4, 0.5) is 5.69 Å². The fourth-order valence-electron chi connectivity index (χ4n) is 2.07. The third kappa shape index (κ3) is 3.54. The highest BCUT2D eigenvalue weighted by atomic mass is 32.2. The number of nitrogens with zero attached hydrogens (tertiary/aromatic N) is 1. The van der Waals surface area contributed by atoms with E-state index in [0.717, 1.165) is 10.6 Å². The Bertz CT molecular complexity index is 726. The summed E-state index contributed by atoms with van der Waals surface area (Å²) in [5, 5.41) is 3.21. The second kappa shape index (κ2) is 6.84. The summed E-state index contributed by atoms with van der Waals surface area (Å²) < 4.78 is 5.81. The van der Waals surface area contributed by atoms with Gasteiger partial charge in [-0.05, 0) is 24.3 Å². The maximum Gasteiger partial charge on any atom is 0.284 e. The van der Waals surface area contributed by atoms with Crippen molar-refractivity contribution in [1.82, 2.24) is 21.3 Å². The number of carbonyl (C=O) groups is 1. The summed E-state index contributed by atoms with van der Waals surface area (Å²) >= 11 is 1.56. The largest absolute Gasteiger partial charge is 0.457 e. The molecule has 1 aliphatic rings. The number of benzene rings is 1. The number of pyridine rings is 1. The molecule has 2 heterocycles. The minimum absolute atomic E-state index is 0.0574. The van der Waals surface area contributed by atoms with Crippen LogP contribution in [0.2, 0.25) is 0 Å². The molecule has 120 valence electrons. The smallest absolute Gasteiger partial charge is 0.284 e. The Labute approximate surface area is 137 Å².